The van der Waals surface area contributed by atoms with E-state index in [9.17, 15) is 4.79 Å². The van der Waals surface area contributed by atoms with Crippen LogP contribution < -0.4 is 4.74 Å². The highest BCUT2D eigenvalue weighted by Crippen LogP contribution is 2.14. The Hall–Kier alpha value is -1.81. The molecule has 0 aliphatic heterocycles. The van der Waals surface area contributed by atoms with Crippen molar-refractivity contribution in [3.63, 3.8) is 0 Å². The first-order valence-electron chi connectivity index (χ1n) is 7.16. The second kappa shape index (κ2) is 7.84. The third kappa shape index (κ3) is 4.90. The van der Waals surface area contributed by atoms with E-state index in [4.69, 9.17) is 4.74 Å². The molecule has 1 heterocycles. The Labute approximate surface area is 130 Å². The zero-order valence-corrected chi connectivity index (χ0v) is 13.4. The molecule has 0 radical (unpaired) electrons. The molecule has 0 aliphatic rings. The lowest BCUT2D eigenvalue weighted by molar-refractivity contribution is -0.130. The van der Waals surface area contributed by atoms with Gasteiger partial charge in [0, 0.05) is 20.0 Å². The average Bonchev–Trinajstić information content (AvgIpc) is 3.00. The Bertz CT molecular complexity index is 549. The molecule has 4 heteroatoms. The molecule has 0 bridgehead atoms. The predicted octanol–water partition coefficient (Wildman–Crippen LogP) is 3.74. The largest absolute Gasteiger partial charge is 0.494 e. The fourth-order valence-corrected chi connectivity index (χ4v) is 2.80. The summed E-state index contributed by atoms with van der Waals surface area (Å²) >= 11 is 1.67. The molecule has 0 N–H and O–H groups in total. The second-order valence-corrected chi connectivity index (χ2v) is 5.74. The fraction of sp³-hybridized carbons (Fsp3) is 0.353. The van der Waals surface area contributed by atoms with Crippen LogP contribution in [0.3, 0.4) is 0 Å². The zero-order chi connectivity index (χ0) is 15.1. The molecule has 1 aromatic heterocycles. The molecule has 0 saturated carbocycles. The van der Waals surface area contributed by atoms with Gasteiger partial charge in [0.2, 0.25) is 5.91 Å². The van der Waals surface area contributed by atoms with Crippen LogP contribution in [0.15, 0.2) is 41.1 Å². The van der Waals surface area contributed by atoms with Crippen LogP contribution in [0, 0.1) is 0 Å². The molecular formula is C17H21NO2S. The van der Waals surface area contributed by atoms with Crippen LogP contribution in [0.5, 0.6) is 5.75 Å². The molecule has 0 aliphatic carbocycles. The average molecular weight is 303 g/mol. The van der Waals surface area contributed by atoms with Gasteiger partial charge in [-0.3, -0.25) is 4.79 Å². The molecule has 21 heavy (non-hydrogen) atoms. The van der Waals surface area contributed by atoms with Gasteiger partial charge in [-0.1, -0.05) is 12.1 Å². The minimum absolute atomic E-state index is 0.176. The van der Waals surface area contributed by atoms with Crippen LogP contribution in [0.4, 0.5) is 0 Å². The molecule has 2 aromatic rings. The molecule has 0 fully saturated rings. The van der Waals surface area contributed by atoms with E-state index < -0.39 is 0 Å². The van der Waals surface area contributed by atoms with E-state index in [1.807, 2.05) is 43.6 Å². The van der Waals surface area contributed by atoms with E-state index in [1.165, 1.54) is 5.56 Å². The summed E-state index contributed by atoms with van der Waals surface area (Å²) in [6.45, 7) is 3.27. The number of amides is 1. The van der Waals surface area contributed by atoms with Gasteiger partial charge in [0.25, 0.3) is 0 Å². The summed E-state index contributed by atoms with van der Waals surface area (Å²) in [4.78, 5) is 13.9. The lowest BCUT2D eigenvalue weighted by Crippen LogP contribution is -2.26. The third-order valence-corrected chi connectivity index (χ3v) is 4.02. The highest BCUT2D eigenvalue weighted by Gasteiger charge is 2.09. The Morgan fingerprint density at radius 1 is 1.19 bits per heavy atom. The number of aryl methyl sites for hydroxylation is 1. The SMILES string of the molecule is CCOc1ccc(CN(C)C(=O)CCc2ccsc2)cc1. The van der Waals surface area contributed by atoms with Crippen molar-refractivity contribution in [2.45, 2.75) is 26.3 Å². The molecule has 1 amide bonds. The lowest BCUT2D eigenvalue weighted by atomic mass is 10.1. The molecule has 0 saturated heterocycles. The Morgan fingerprint density at radius 3 is 2.57 bits per heavy atom. The molecule has 0 atom stereocenters. The first kappa shape index (κ1) is 15.6. The standard InChI is InChI=1S/C17H21NO2S/c1-3-20-16-7-4-14(5-8-16)12-18(2)17(19)9-6-15-10-11-21-13-15/h4-5,7-8,10-11,13H,3,6,9,12H2,1-2H3. The van der Waals surface area contributed by atoms with Crippen LogP contribution in [-0.4, -0.2) is 24.5 Å². The summed E-state index contributed by atoms with van der Waals surface area (Å²) in [6, 6.07) is 9.98. The maximum atomic E-state index is 12.1. The predicted molar refractivity (Wildman–Crippen MR) is 86.7 cm³/mol. The van der Waals surface area contributed by atoms with Gasteiger partial charge < -0.3 is 9.64 Å². The van der Waals surface area contributed by atoms with Gasteiger partial charge in [-0.25, -0.2) is 0 Å². The number of nitrogens with zero attached hydrogens (tertiary/aromatic N) is 1. The first-order valence-corrected chi connectivity index (χ1v) is 8.10. The molecule has 112 valence electrons. The van der Waals surface area contributed by atoms with Crippen molar-refractivity contribution in [1.29, 1.82) is 0 Å². The number of ether oxygens (including phenoxy) is 1. The van der Waals surface area contributed by atoms with Crippen molar-refractivity contribution in [1.82, 2.24) is 4.90 Å². The van der Waals surface area contributed by atoms with Crippen LogP contribution >= 0.6 is 11.3 Å². The van der Waals surface area contributed by atoms with Gasteiger partial charge in [-0.2, -0.15) is 11.3 Å². The number of benzene rings is 1. The third-order valence-electron chi connectivity index (χ3n) is 3.29. The summed E-state index contributed by atoms with van der Waals surface area (Å²) in [5.74, 6) is 1.04. The highest BCUT2D eigenvalue weighted by molar-refractivity contribution is 7.07. The monoisotopic (exact) mass is 303 g/mol. The van der Waals surface area contributed by atoms with Crippen molar-refractivity contribution in [3.8, 4) is 5.75 Å². The molecule has 2 rings (SSSR count). The van der Waals surface area contributed by atoms with Crippen molar-refractivity contribution < 1.29 is 9.53 Å². The molecule has 0 unspecified atom stereocenters. The Balaban J connectivity index is 1.82. The summed E-state index contributed by atoms with van der Waals surface area (Å²) < 4.78 is 5.41. The molecule has 0 spiro atoms. The van der Waals surface area contributed by atoms with Gasteiger partial charge >= 0.3 is 0 Å². The van der Waals surface area contributed by atoms with Crippen LogP contribution in [0.2, 0.25) is 0 Å². The van der Waals surface area contributed by atoms with Crippen molar-refractivity contribution in [3.05, 3.63) is 52.2 Å². The van der Waals surface area contributed by atoms with E-state index in [0.717, 1.165) is 17.7 Å². The summed E-state index contributed by atoms with van der Waals surface area (Å²) in [6.07, 6.45) is 1.38. The van der Waals surface area contributed by atoms with E-state index in [-0.39, 0.29) is 5.91 Å². The Kier molecular flexibility index (Phi) is 5.81. The number of carbonyl (C=O) groups is 1. The zero-order valence-electron chi connectivity index (χ0n) is 12.5. The van der Waals surface area contributed by atoms with E-state index in [1.54, 1.807) is 16.2 Å². The van der Waals surface area contributed by atoms with Gasteiger partial charge in [0.15, 0.2) is 0 Å². The van der Waals surface area contributed by atoms with Crippen LogP contribution in [0.1, 0.15) is 24.5 Å². The topological polar surface area (TPSA) is 29.5 Å². The fourth-order valence-electron chi connectivity index (χ4n) is 2.10. The summed E-state index contributed by atoms with van der Waals surface area (Å²) in [7, 11) is 1.85. The Morgan fingerprint density at radius 2 is 1.95 bits per heavy atom. The first-order chi connectivity index (χ1) is 10.2. The van der Waals surface area contributed by atoms with Gasteiger partial charge in [-0.05, 0) is 53.4 Å². The minimum atomic E-state index is 0.176. The van der Waals surface area contributed by atoms with Gasteiger partial charge in [0.1, 0.15) is 5.75 Å². The van der Waals surface area contributed by atoms with E-state index in [0.29, 0.717) is 19.6 Å². The van der Waals surface area contributed by atoms with Gasteiger partial charge in [0.05, 0.1) is 6.61 Å². The maximum absolute atomic E-state index is 12.1. The van der Waals surface area contributed by atoms with Crippen LogP contribution in [0.25, 0.3) is 0 Å². The number of thiophene rings is 1. The van der Waals surface area contributed by atoms with Crippen molar-refractivity contribution >= 4 is 17.2 Å². The molecular weight excluding hydrogens is 282 g/mol. The summed E-state index contributed by atoms with van der Waals surface area (Å²) in [5.41, 5.74) is 2.35. The number of rotatable bonds is 7. The molecule has 1 aromatic carbocycles. The number of hydrogen-bond donors (Lipinski definition) is 0. The van der Waals surface area contributed by atoms with Gasteiger partial charge in [-0.15, -0.1) is 0 Å². The maximum Gasteiger partial charge on any atom is 0.222 e. The van der Waals surface area contributed by atoms with E-state index in [2.05, 4.69) is 11.4 Å². The number of hydrogen-bond acceptors (Lipinski definition) is 3. The van der Waals surface area contributed by atoms with Crippen molar-refractivity contribution in [2.75, 3.05) is 13.7 Å². The lowest BCUT2D eigenvalue weighted by Gasteiger charge is -2.17. The summed E-state index contributed by atoms with van der Waals surface area (Å²) in [5, 5.41) is 4.14. The molecule has 3 nitrogen and oxygen atoms in total. The van der Waals surface area contributed by atoms with Crippen molar-refractivity contribution in [2.24, 2.45) is 0 Å². The minimum Gasteiger partial charge on any atom is -0.494 e. The second-order valence-electron chi connectivity index (χ2n) is 4.96. The highest BCUT2D eigenvalue weighted by atomic mass is 32.1. The van der Waals surface area contributed by atoms with Crippen LogP contribution in [-0.2, 0) is 17.8 Å². The number of carbonyl (C=O) groups excluding carboxylic acids is 1. The normalized spacial score (nSPS) is 10.4. The quantitative estimate of drug-likeness (QED) is 0.780. The smallest absolute Gasteiger partial charge is 0.222 e. The van der Waals surface area contributed by atoms with E-state index >= 15 is 0 Å².